The number of carbonyl (C=O) groups excluding carboxylic acids is 2. The number of carbonyl (C=O) groups is 2. The third kappa shape index (κ3) is 2.51. The fourth-order valence-corrected chi connectivity index (χ4v) is 0.810. The SMILES string of the molecule is N#Cc1cccc(C(=O)C=O)c1.O. The molecule has 0 bridgehead atoms. The van der Waals surface area contributed by atoms with Crippen molar-refractivity contribution in [2.75, 3.05) is 0 Å². The van der Waals surface area contributed by atoms with Crippen molar-refractivity contribution in [1.82, 2.24) is 0 Å². The lowest BCUT2D eigenvalue weighted by atomic mass is 10.1. The molecule has 0 atom stereocenters. The normalized spacial score (nSPS) is 7.92. The first-order valence-electron chi connectivity index (χ1n) is 3.27. The Labute approximate surface area is 74.7 Å². The van der Waals surface area contributed by atoms with Gasteiger partial charge in [0.05, 0.1) is 11.6 Å². The van der Waals surface area contributed by atoms with E-state index in [1.165, 1.54) is 12.1 Å². The number of aldehydes is 1. The van der Waals surface area contributed by atoms with E-state index >= 15 is 0 Å². The van der Waals surface area contributed by atoms with E-state index in [1.807, 2.05) is 6.07 Å². The van der Waals surface area contributed by atoms with E-state index in [2.05, 4.69) is 0 Å². The van der Waals surface area contributed by atoms with Crippen LogP contribution in [-0.4, -0.2) is 17.5 Å². The standard InChI is InChI=1S/C9H5NO2.H2O/c10-5-7-2-1-3-8(4-7)9(12)6-11;/h1-4,6H;1H2. The molecule has 13 heavy (non-hydrogen) atoms. The van der Waals surface area contributed by atoms with Crippen molar-refractivity contribution < 1.29 is 15.1 Å². The summed E-state index contributed by atoms with van der Waals surface area (Å²) < 4.78 is 0. The first-order chi connectivity index (χ1) is 5.77. The van der Waals surface area contributed by atoms with E-state index in [0.717, 1.165) is 0 Å². The van der Waals surface area contributed by atoms with Crippen LogP contribution in [0.25, 0.3) is 0 Å². The molecule has 0 aromatic heterocycles. The average molecular weight is 177 g/mol. The highest BCUT2D eigenvalue weighted by Gasteiger charge is 2.03. The summed E-state index contributed by atoms with van der Waals surface area (Å²) in [5.74, 6) is -0.605. The summed E-state index contributed by atoms with van der Waals surface area (Å²) in [6.45, 7) is 0. The van der Waals surface area contributed by atoms with Gasteiger partial charge < -0.3 is 5.48 Å². The number of nitrogens with zero attached hydrogens (tertiary/aromatic N) is 1. The number of hydrogen-bond donors (Lipinski definition) is 0. The maximum Gasteiger partial charge on any atom is 0.225 e. The summed E-state index contributed by atoms with van der Waals surface area (Å²) >= 11 is 0. The minimum Gasteiger partial charge on any atom is -0.412 e. The Balaban J connectivity index is 0.00000144. The first-order valence-corrected chi connectivity index (χ1v) is 3.27. The molecule has 1 aromatic carbocycles. The van der Waals surface area contributed by atoms with Crippen molar-refractivity contribution in [2.24, 2.45) is 0 Å². The van der Waals surface area contributed by atoms with E-state index in [1.54, 1.807) is 12.1 Å². The van der Waals surface area contributed by atoms with Gasteiger partial charge in [0.1, 0.15) is 0 Å². The van der Waals surface area contributed by atoms with Crippen LogP contribution in [0.1, 0.15) is 15.9 Å². The van der Waals surface area contributed by atoms with Gasteiger partial charge in [0.2, 0.25) is 5.78 Å². The summed E-state index contributed by atoms with van der Waals surface area (Å²) in [7, 11) is 0. The van der Waals surface area contributed by atoms with Crippen molar-refractivity contribution in [1.29, 1.82) is 5.26 Å². The first kappa shape index (κ1) is 11.0. The number of hydrogen-bond acceptors (Lipinski definition) is 3. The summed E-state index contributed by atoms with van der Waals surface area (Å²) in [5, 5.41) is 8.47. The molecule has 1 rings (SSSR count). The average Bonchev–Trinajstić information content (AvgIpc) is 2.17. The molecule has 0 unspecified atom stereocenters. The van der Waals surface area contributed by atoms with Gasteiger partial charge in [0, 0.05) is 5.56 Å². The van der Waals surface area contributed by atoms with Crippen molar-refractivity contribution in [3.05, 3.63) is 35.4 Å². The molecule has 66 valence electrons. The fourth-order valence-electron chi connectivity index (χ4n) is 0.810. The number of ketones is 1. The Morgan fingerprint density at radius 2 is 2.15 bits per heavy atom. The van der Waals surface area contributed by atoms with Crippen LogP contribution in [0.3, 0.4) is 0 Å². The number of Topliss-reactive ketones (excluding diaryl/α,β-unsaturated/α-hetero) is 1. The number of rotatable bonds is 2. The largest absolute Gasteiger partial charge is 0.412 e. The van der Waals surface area contributed by atoms with Gasteiger partial charge >= 0.3 is 0 Å². The van der Waals surface area contributed by atoms with Crippen LogP contribution in [0.5, 0.6) is 0 Å². The highest BCUT2D eigenvalue weighted by molar-refractivity contribution is 6.33. The predicted molar refractivity (Wildman–Crippen MR) is 45.2 cm³/mol. The Hall–Kier alpha value is -1.99. The maximum absolute atomic E-state index is 10.8. The molecule has 1 aromatic rings. The molecule has 0 aliphatic rings. The highest BCUT2D eigenvalue weighted by Crippen LogP contribution is 2.03. The second-order valence-corrected chi connectivity index (χ2v) is 2.17. The van der Waals surface area contributed by atoms with Gasteiger partial charge in [-0.3, -0.25) is 9.59 Å². The Morgan fingerprint density at radius 1 is 1.46 bits per heavy atom. The summed E-state index contributed by atoms with van der Waals surface area (Å²) in [6.07, 6.45) is 0.233. The zero-order valence-corrected chi connectivity index (χ0v) is 6.65. The van der Waals surface area contributed by atoms with E-state index < -0.39 is 5.78 Å². The van der Waals surface area contributed by atoms with Gasteiger partial charge in [0.25, 0.3) is 0 Å². The van der Waals surface area contributed by atoms with Crippen molar-refractivity contribution in [3.8, 4) is 6.07 Å². The Bertz CT molecular complexity index is 365. The van der Waals surface area contributed by atoms with Crippen LogP contribution in [0.2, 0.25) is 0 Å². The maximum atomic E-state index is 10.8. The summed E-state index contributed by atoms with van der Waals surface area (Å²) in [4.78, 5) is 20.9. The molecule has 4 heteroatoms. The predicted octanol–water partition coefficient (Wildman–Crippen LogP) is 0.115. The third-order valence-corrected chi connectivity index (χ3v) is 1.38. The van der Waals surface area contributed by atoms with E-state index in [4.69, 9.17) is 5.26 Å². The van der Waals surface area contributed by atoms with Gasteiger partial charge in [-0.25, -0.2) is 0 Å². The van der Waals surface area contributed by atoms with Gasteiger partial charge in [-0.1, -0.05) is 12.1 Å². The van der Waals surface area contributed by atoms with E-state index in [9.17, 15) is 9.59 Å². The Kier molecular flexibility index (Phi) is 4.07. The molecule has 0 spiro atoms. The fraction of sp³-hybridized carbons (Fsp3) is 0. The van der Waals surface area contributed by atoms with Crippen LogP contribution in [0.4, 0.5) is 0 Å². The third-order valence-electron chi connectivity index (χ3n) is 1.38. The zero-order valence-electron chi connectivity index (χ0n) is 6.65. The zero-order chi connectivity index (χ0) is 8.97. The van der Waals surface area contributed by atoms with E-state index in [-0.39, 0.29) is 17.3 Å². The van der Waals surface area contributed by atoms with Gasteiger partial charge in [0.15, 0.2) is 6.29 Å². The van der Waals surface area contributed by atoms with E-state index in [0.29, 0.717) is 5.56 Å². The van der Waals surface area contributed by atoms with Crippen LogP contribution in [0, 0.1) is 11.3 Å². The molecule has 0 aliphatic carbocycles. The molecule has 0 saturated heterocycles. The number of benzene rings is 1. The lowest BCUT2D eigenvalue weighted by molar-refractivity contribution is -0.104. The molecule has 0 saturated carbocycles. The number of nitriles is 1. The minimum atomic E-state index is -0.605. The smallest absolute Gasteiger partial charge is 0.225 e. The molecular weight excluding hydrogens is 170 g/mol. The lowest BCUT2D eigenvalue weighted by Crippen LogP contribution is -1.99. The molecule has 0 aliphatic heterocycles. The summed E-state index contributed by atoms with van der Waals surface area (Å²) in [6, 6.07) is 7.90. The molecule has 0 amide bonds. The lowest BCUT2D eigenvalue weighted by Gasteiger charge is -1.92. The molecule has 4 nitrogen and oxygen atoms in total. The molecular formula is C9H7NO3. The molecule has 2 N–H and O–H groups in total. The second kappa shape index (κ2) is 4.80. The minimum absolute atomic E-state index is 0. The van der Waals surface area contributed by atoms with Crippen molar-refractivity contribution in [2.45, 2.75) is 0 Å². The van der Waals surface area contributed by atoms with Crippen molar-refractivity contribution in [3.63, 3.8) is 0 Å². The van der Waals surface area contributed by atoms with Gasteiger partial charge in [-0.2, -0.15) is 5.26 Å². The van der Waals surface area contributed by atoms with Gasteiger partial charge in [-0.05, 0) is 12.1 Å². The Morgan fingerprint density at radius 3 is 2.69 bits per heavy atom. The summed E-state index contributed by atoms with van der Waals surface area (Å²) in [5.41, 5.74) is 0.631. The molecule has 0 heterocycles. The van der Waals surface area contributed by atoms with Crippen LogP contribution in [0.15, 0.2) is 24.3 Å². The monoisotopic (exact) mass is 177 g/mol. The van der Waals surface area contributed by atoms with Crippen LogP contribution < -0.4 is 0 Å². The second-order valence-electron chi connectivity index (χ2n) is 2.17. The van der Waals surface area contributed by atoms with Gasteiger partial charge in [-0.15, -0.1) is 0 Å². The topological polar surface area (TPSA) is 89.4 Å². The van der Waals surface area contributed by atoms with Crippen molar-refractivity contribution >= 4 is 12.1 Å². The molecule has 0 radical (unpaired) electrons. The van der Waals surface area contributed by atoms with Crippen LogP contribution in [-0.2, 0) is 4.79 Å². The highest BCUT2D eigenvalue weighted by atomic mass is 16.2. The quantitative estimate of drug-likeness (QED) is 0.365. The molecule has 0 fully saturated rings. The van der Waals surface area contributed by atoms with Crippen LogP contribution >= 0.6 is 0 Å².